The van der Waals surface area contributed by atoms with Gasteiger partial charge in [-0.2, -0.15) is 0 Å². The molecule has 90 valence electrons. The summed E-state index contributed by atoms with van der Waals surface area (Å²) in [5.74, 6) is 0.0576. The number of rotatable bonds is 4. The molecule has 1 heterocycles. The third-order valence-corrected chi connectivity index (χ3v) is 3.95. The van der Waals surface area contributed by atoms with Crippen molar-refractivity contribution in [2.75, 3.05) is 0 Å². The Morgan fingerprint density at radius 2 is 2.06 bits per heavy atom. The maximum absolute atomic E-state index is 11.4. The molecule has 1 aromatic rings. The topological polar surface area (TPSA) is 48.0 Å². The molecule has 0 aliphatic heterocycles. The first-order valence-electron chi connectivity index (χ1n) is 5.63. The van der Waals surface area contributed by atoms with Crippen molar-refractivity contribution in [3.8, 4) is 0 Å². The van der Waals surface area contributed by atoms with Gasteiger partial charge in [0.2, 0.25) is 0 Å². The molecular weight excluding hydrogens is 268 g/mol. The molecule has 1 unspecified atom stereocenters. The van der Waals surface area contributed by atoms with Gasteiger partial charge in [-0.25, -0.2) is 0 Å². The maximum Gasteiger partial charge on any atom is 0.251 e. The van der Waals surface area contributed by atoms with E-state index in [9.17, 15) is 4.79 Å². The molecular formula is C12H19BrN2O. The van der Waals surface area contributed by atoms with Crippen LogP contribution in [0.3, 0.4) is 0 Å². The molecule has 0 fully saturated rings. The van der Waals surface area contributed by atoms with Gasteiger partial charge in [-0.3, -0.25) is 4.79 Å². The van der Waals surface area contributed by atoms with Gasteiger partial charge in [0.25, 0.3) is 5.91 Å². The molecule has 0 saturated carbocycles. The van der Waals surface area contributed by atoms with Crippen LogP contribution in [-0.2, 0) is 6.54 Å². The van der Waals surface area contributed by atoms with E-state index in [0.717, 1.165) is 23.1 Å². The first kappa shape index (κ1) is 13.3. The lowest BCUT2D eigenvalue weighted by Crippen LogP contribution is -2.12. The number of nitrogens with zero attached hydrogens (tertiary/aromatic N) is 1. The molecule has 3 nitrogen and oxygen atoms in total. The highest BCUT2D eigenvalue weighted by molar-refractivity contribution is 9.10. The molecule has 0 aliphatic rings. The van der Waals surface area contributed by atoms with Crippen LogP contribution in [0.25, 0.3) is 0 Å². The predicted molar refractivity (Wildman–Crippen MR) is 69.8 cm³/mol. The highest BCUT2D eigenvalue weighted by Gasteiger charge is 2.23. The van der Waals surface area contributed by atoms with Crippen molar-refractivity contribution in [2.45, 2.75) is 46.6 Å². The highest BCUT2D eigenvalue weighted by atomic mass is 79.9. The van der Waals surface area contributed by atoms with Crippen LogP contribution < -0.4 is 5.73 Å². The summed E-state index contributed by atoms with van der Waals surface area (Å²) in [5.41, 5.74) is 8.17. The molecule has 0 saturated heterocycles. The molecule has 0 radical (unpaired) electrons. The van der Waals surface area contributed by atoms with Crippen LogP contribution in [-0.4, -0.2) is 10.5 Å². The Balaban J connectivity index is 3.48. The van der Waals surface area contributed by atoms with Crippen LogP contribution >= 0.6 is 15.9 Å². The van der Waals surface area contributed by atoms with E-state index in [1.165, 1.54) is 5.69 Å². The van der Waals surface area contributed by atoms with Gasteiger partial charge in [0, 0.05) is 17.9 Å². The predicted octanol–water partition coefficient (Wildman–Crippen LogP) is 3.19. The summed E-state index contributed by atoms with van der Waals surface area (Å²) < 4.78 is 3.03. The molecule has 0 bridgehead atoms. The van der Waals surface area contributed by atoms with Crippen LogP contribution in [0, 0.1) is 6.92 Å². The molecule has 0 aliphatic carbocycles. The fourth-order valence-electron chi connectivity index (χ4n) is 2.09. The number of nitrogens with two attached hydrogens (primary N) is 1. The Morgan fingerprint density at radius 3 is 2.44 bits per heavy atom. The van der Waals surface area contributed by atoms with Crippen molar-refractivity contribution < 1.29 is 4.79 Å². The van der Waals surface area contributed by atoms with Crippen molar-refractivity contribution in [2.24, 2.45) is 5.73 Å². The van der Waals surface area contributed by atoms with E-state index in [-0.39, 0.29) is 5.91 Å². The summed E-state index contributed by atoms with van der Waals surface area (Å²) in [4.78, 5) is 11.4. The van der Waals surface area contributed by atoms with Crippen molar-refractivity contribution in [1.29, 1.82) is 0 Å². The van der Waals surface area contributed by atoms with E-state index in [2.05, 4.69) is 41.3 Å². The van der Waals surface area contributed by atoms with Crippen molar-refractivity contribution in [3.05, 3.63) is 21.4 Å². The van der Waals surface area contributed by atoms with Crippen LogP contribution in [0.5, 0.6) is 0 Å². The molecule has 1 rings (SSSR count). The van der Waals surface area contributed by atoms with Crippen LogP contribution in [0.1, 0.15) is 54.9 Å². The molecule has 16 heavy (non-hydrogen) atoms. The van der Waals surface area contributed by atoms with Gasteiger partial charge >= 0.3 is 0 Å². The lowest BCUT2D eigenvalue weighted by atomic mass is 10.0. The number of hydrogen-bond donors (Lipinski definition) is 1. The van der Waals surface area contributed by atoms with E-state index < -0.39 is 0 Å². The first-order valence-corrected chi connectivity index (χ1v) is 6.43. The van der Waals surface area contributed by atoms with Crippen molar-refractivity contribution in [3.63, 3.8) is 0 Å². The molecule has 0 aromatic carbocycles. The standard InChI is InChI=1S/C12H19BrN2O/c1-5-7(3)11-10(13)9(12(14)16)8(4)15(11)6-2/h7H,5-6H2,1-4H3,(H2,14,16). The van der Waals surface area contributed by atoms with E-state index in [4.69, 9.17) is 5.73 Å². The van der Waals surface area contributed by atoms with Crippen LogP contribution in [0.4, 0.5) is 0 Å². The SMILES string of the molecule is CCC(C)c1c(Br)c(C(N)=O)c(C)n1CC. The van der Waals surface area contributed by atoms with Crippen molar-refractivity contribution >= 4 is 21.8 Å². The Kier molecular flexibility index (Phi) is 4.19. The minimum absolute atomic E-state index is 0.360. The average Bonchev–Trinajstić information content (AvgIpc) is 2.48. The second-order valence-corrected chi connectivity index (χ2v) is 4.87. The Hall–Kier alpha value is -0.770. The monoisotopic (exact) mass is 286 g/mol. The average molecular weight is 287 g/mol. The summed E-state index contributed by atoms with van der Waals surface area (Å²) in [5, 5.41) is 0. The van der Waals surface area contributed by atoms with Crippen LogP contribution in [0.15, 0.2) is 4.47 Å². The number of carbonyl (C=O) groups excluding carboxylic acids is 1. The maximum atomic E-state index is 11.4. The van der Waals surface area contributed by atoms with Gasteiger partial charge in [0.15, 0.2) is 0 Å². The van der Waals surface area contributed by atoms with Gasteiger partial charge in [-0.05, 0) is 42.1 Å². The fourth-order valence-corrected chi connectivity index (χ4v) is 3.18. The second-order valence-electron chi connectivity index (χ2n) is 4.08. The van der Waals surface area contributed by atoms with Gasteiger partial charge in [0.05, 0.1) is 10.0 Å². The molecule has 1 amide bonds. The summed E-state index contributed by atoms with van der Waals surface area (Å²) in [6, 6.07) is 0. The molecule has 0 spiro atoms. The minimum atomic E-state index is -0.360. The van der Waals surface area contributed by atoms with Gasteiger partial charge in [0.1, 0.15) is 0 Å². The summed E-state index contributed by atoms with van der Waals surface area (Å²) >= 11 is 3.51. The Bertz CT molecular complexity index is 410. The van der Waals surface area contributed by atoms with Gasteiger partial charge in [-0.1, -0.05) is 13.8 Å². The number of carbonyl (C=O) groups is 1. The van der Waals surface area contributed by atoms with E-state index >= 15 is 0 Å². The number of halogens is 1. The Morgan fingerprint density at radius 1 is 1.50 bits per heavy atom. The third-order valence-electron chi connectivity index (χ3n) is 3.14. The second kappa shape index (κ2) is 5.04. The zero-order valence-corrected chi connectivity index (χ0v) is 11.9. The number of amides is 1. The van der Waals surface area contributed by atoms with Crippen molar-refractivity contribution in [1.82, 2.24) is 4.57 Å². The number of aromatic nitrogens is 1. The Labute approximate surface area is 105 Å². The minimum Gasteiger partial charge on any atom is -0.366 e. The molecule has 1 atom stereocenters. The zero-order valence-electron chi connectivity index (χ0n) is 10.3. The number of primary amides is 1. The quantitative estimate of drug-likeness (QED) is 0.908. The lowest BCUT2D eigenvalue weighted by Gasteiger charge is -2.14. The van der Waals surface area contributed by atoms with E-state index in [1.54, 1.807) is 0 Å². The first-order chi connectivity index (χ1) is 7.45. The van der Waals surface area contributed by atoms with Crippen LogP contribution in [0.2, 0.25) is 0 Å². The molecule has 1 aromatic heterocycles. The normalized spacial score (nSPS) is 12.8. The largest absolute Gasteiger partial charge is 0.366 e. The summed E-state index contributed by atoms with van der Waals surface area (Å²) in [6.07, 6.45) is 1.04. The summed E-state index contributed by atoms with van der Waals surface area (Å²) in [6.45, 7) is 9.19. The fraction of sp³-hybridized carbons (Fsp3) is 0.583. The third kappa shape index (κ3) is 2.03. The highest BCUT2D eigenvalue weighted by Crippen LogP contribution is 2.34. The number of hydrogen-bond acceptors (Lipinski definition) is 1. The lowest BCUT2D eigenvalue weighted by molar-refractivity contribution is 0.0999. The zero-order chi connectivity index (χ0) is 12.5. The summed E-state index contributed by atoms with van der Waals surface area (Å²) in [7, 11) is 0. The van der Waals surface area contributed by atoms with E-state index in [1.807, 2.05) is 6.92 Å². The molecule has 2 N–H and O–H groups in total. The smallest absolute Gasteiger partial charge is 0.251 e. The van der Waals surface area contributed by atoms with Gasteiger partial charge < -0.3 is 10.3 Å². The van der Waals surface area contributed by atoms with E-state index in [0.29, 0.717) is 11.5 Å². The van der Waals surface area contributed by atoms with Gasteiger partial charge in [-0.15, -0.1) is 0 Å². The molecule has 4 heteroatoms.